The minimum Gasteiger partial charge on any atom is -0.294 e. The molecular formula is C20H20ClN3O. The topological polar surface area (TPSA) is 50.1 Å². The highest BCUT2D eigenvalue weighted by Crippen LogP contribution is 2.25. The van der Waals surface area contributed by atoms with Crippen LogP contribution in [0.15, 0.2) is 64.4 Å². The lowest BCUT2D eigenvalue weighted by molar-refractivity contribution is 0.793. The molecule has 1 heterocycles. The van der Waals surface area contributed by atoms with Gasteiger partial charge < -0.3 is 0 Å². The number of benzene rings is 2. The van der Waals surface area contributed by atoms with Crippen LogP contribution in [0.4, 0.5) is 5.69 Å². The van der Waals surface area contributed by atoms with E-state index in [9.17, 15) is 4.79 Å². The Bertz CT molecular complexity index is 955. The van der Waals surface area contributed by atoms with Gasteiger partial charge in [-0.15, -0.1) is 0 Å². The number of nitrogens with one attached hydrogen (secondary N) is 1. The zero-order valence-electron chi connectivity index (χ0n) is 14.3. The predicted octanol–water partition coefficient (Wildman–Crippen LogP) is 4.91. The minimum absolute atomic E-state index is 0.0945. The van der Waals surface area contributed by atoms with E-state index in [0.29, 0.717) is 22.0 Å². The number of aromatic nitrogens is 2. The summed E-state index contributed by atoms with van der Waals surface area (Å²) in [5.74, 6) is 0. The van der Waals surface area contributed by atoms with Crippen molar-refractivity contribution in [3.63, 3.8) is 0 Å². The number of hydrogen-bond donors (Lipinski definition) is 1. The quantitative estimate of drug-likeness (QED) is 0.651. The second-order valence-electron chi connectivity index (χ2n) is 5.84. The van der Waals surface area contributed by atoms with E-state index in [1.807, 2.05) is 55.5 Å². The fraction of sp³-hybridized carbons (Fsp3) is 0.200. The van der Waals surface area contributed by atoms with Gasteiger partial charge in [0, 0.05) is 5.69 Å². The number of H-pyrrole nitrogens is 1. The molecule has 0 radical (unpaired) electrons. The highest BCUT2D eigenvalue weighted by atomic mass is 35.5. The third-order valence-electron chi connectivity index (χ3n) is 3.98. The van der Waals surface area contributed by atoms with Gasteiger partial charge in [0.25, 0.3) is 5.56 Å². The summed E-state index contributed by atoms with van der Waals surface area (Å²) in [6.07, 6.45) is 1.71. The molecular weight excluding hydrogens is 334 g/mol. The molecule has 3 rings (SSSR count). The number of aliphatic imine (C=N–C) groups is 1. The van der Waals surface area contributed by atoms with Crippen molar-refractivity contribution in [1.29, 1.82) is 0 Å². The number of halogens is 1. The van der Waals surface area contributed by atoms with Gasteiger partial charge in [0.1, 0.15) is 0 Å². The van der Waals surface area contributed by atoms with Gasteiger partial charge in [-0.1, -0.05) is 55.3 Å². The molecule has 0 aliphatic rings. The molecule has 1 N–H and O–H groups in total. The summed E-state index contributed by atoms with van der Waals surface area (Å²) in [4.78, 5) is 17.6. The van der Waals surface area contributed by atoms with Crippen LogP contribution in [0.3, 0.4) is 0 Å². The van der Waals surface area contributed by atoms with E-state index in [1.165, 1.54) is 0 Å². The lowest BCUT2D eigenvalue weighted by atomic mass is 10.1. The van der Waals surface area contributed by atoms with Crippen molar-refractivity contribution in [2.75, 3.05) is 0 Å². The smallest absolute Gasteiger partial charge is 0.280 e. The van der Waals surface area contributed by atoms with Crippen LogP contribution in [-0.2, 0) is 6.42 Å². The molecule has 0 aliphatic heterocycles. The van der Waals surface area contributed by atoms with Crippen LogP contribution in [-0.4, -0.2) is 15.5 Å². The summed E-state index contributed by atoms with van der Waals surface area (Å²) in [6.45, 7) is 3.94. The maximum atomic E-state index is 13.0. The summed E-state index contributed by atoms with van der Waals surface area (Å²) in [7, 11) is 0. The van der Waals surface area contributed by atoms with Gasteiger partial charge in [-0.05, 0) is 37.6 Å². The molecule has 5 heteroatoms. The number of rotatable bonds is 5. The fourth-order valence-electron chi connectivity index (χ4n) is 2.82. The first-order valence-electron chi connectivity index (χ1n) is 8.31. The number of aryl methyl sites for hydroxylation is 1. The zero-order valence-corrected chi connectivity index (χ0v) is 15.0. The first-order valence-corrected chi connectivity index (χ1v) is 8.69. The van der Waals surface area contributed by atoms with E-state index >= 15 is 0 Å². The van der Waals surface area contributed by atoms with E-state index in [0.717, 1.165) is 24.2 Å². The van der Waals surface area contributed by atoms with Crippen LogP contribution in [0.5, 0.6) is 0 Å². The average Bonchev–Trinajstić information content (AvgIpc) is 2.94. The van der Waals surface area contributed by atoms with E-state index in [2.05, 4.69) is 17.0 Å². The Labute approximate surface area is 151 Å². The Kier molecular flexibility index (Phi) is 5.19. The SMILES string of the molecule is CCCc1[nH]n(-c2ccccc2)c(=O)c1C(C)=Nc1ccccc1Cl. The number of aromatic amines is 1. The summed E-state index contributed by atoms with van der Waals surface area (Å²) >= 11 is 6.20. The summed E-state index contributed by atoms with van der Waals surface area (Å²) < 4.78 is 1.58. The summed E-state index contributed by atoms with van der Waals surface area (Å²) in [5.41, 5.74) is 3.54. The van der Waals surface area contributed by atoms with Gasteiger partial charge in [-0.2, -0.15) is 0 Å². The standard InChI is InChI=1S/C20H20ClN3O/c1-3-9-18-19(14(2)22-17-13-8-7-12-16(17)21)20(25)24(23-18)15-10-5-4-6-11-15/h4-8,10-13,23H,3,9H2,1-2H3. The van der Waals surface area contributed by atoms with Crippen molar-refractivity contribution in [3.05, 3.63) is 81.2 Å². The molecule has 4 nitrogen and oxygen atoms in total. The van der Waals surface area contributed by atoms with Crippen LogP contribution >= 0.6 is 11.6 Å². The van der Waals surface area contributed by atoms with Crippen LogP contribution < -0.4 is 5.56 Å². The van der Waals surface area contributed by atoms with Gasteiger partial charge >= 0.3 is 0 Å². The van der Waals surface area contributed by atoms with Gasteiger partial charge in [-0.3, -0.25) is 14.9 Å². The molecule has 0 fully saturated rings. The molecule has 3 aromatic rings. The van der Waals surface area contributed by atoms with E-state index in [4.69, 9.17) is 11.6 Å². The molecule has 0 saturated carbocycles. The highest BCUT2D eigenvalue weighted by Gasteiger charge is 2.17. The summed E-state index contributed by atoms with van der Waals surface area (Å²) in [5, 5.41) is 3.81. The lowest BCUT2D eigenvalue weighted by Gasteiger charge is -2.02. The van der Waals surface area contributed by atoms with Crippen LogP contribution in [0, 0.1) is 0 Å². The lowest BCUT2D eigenvalue weighted by Crippen LogP contribution is -2.19. The molecule has 2 aromatic carbocycles. The molecule has 0 spiro atoms. The maximum Gasteiger partial charge on any atom is 0.280 e. The Morgan fingerprint density at radius 1 is 1.12 bits per heavy atom. The van der Waals surface area contributed by atoms with Crippen molar-refractivity contribution < 1.29 is 0 Å². The van der Waals surface area contributed by atoms with E-state index in [-0.39, 0.29) is 5.56 Å². The molecule has 0 aliphatic carbocycles. The van der Waals surface area contributed by atoms with Crippen LogP contribution in [0.1, 0.15) is 31.5 Å². The third-order valence-corrected chi connectivity index (χ3v) is 4.30. The Morgan fingerprint density at radius 2 is 1.80 bits per heavy atom. The monoisotopic (exact) mass is 353 g/mol. The van der Waals surface area contributed by atoms with E-state index < -0.39 is 0 Å². The first-order chi connectivity index (χ1) is 12.1. The Morgan fingerprint density at radius 3 is 2.48 bits per heavy atom. The van der Waals surface area contributed by atoms with E-state index in [1.54, 1.807) is 10.7 Å². The maximum absolute atomic E-state index is 13.0. The first kappa shape index (κ1) is 17.2. The van der Waals surface area contributed by atoms with Gasteiger partial charge in [-0.25, -0.2) is 4.68 Å². The Hall–Kier alpha value is -2.59. The van der Waals surface area contributed by atoms with Gasteiger partial charge in [0.2, 0.25) is 0 Å². The molecule has 1 aromatic heterocycles. The number of hydrogen-bond acceptors (Lipinski definition) is 2. The second-order valence-corrected chi connectivity index (χ2v) is 6.25. The van der Waals surface area contributed by atoms with Crippen molar-refractivity contribution in [2.24, 2.45) is 4.99 Å². The molecule has 25 heavy (non-hydrogen) atoms. The van der Waals surface area contributed by atoms with Crippen molar-refractivity contribution >= 4 is 23.0 Å². The van der Waals surface area contributed by atoms with Crippen molar-refractivity contribution in [2.45, 2.75) is 26.7 Å². The van der Waals surface area contributed by atoms with Crippen LogP contribution in [0.2, 0.25) is 5.02 Å². The third kappa shape index (κ3) is 3.59. The highest BCUT2D eigenvalue weighted by molar-refractivity contribution is 6.33. The molecule has 128 valence electrons. The number of nitrogens with zero attached hydrogens (tertiary/aromatic N) is 2. The summed E-state index contributed by atoms with van der Waals surface area (Å²) in [6, 6.07) is 16.9. The second kappa shape index (κ2) is 7.53. The van der Waals surface area contributed by atoms with Crippen molar-refractivity contribution in [3.8, 4) is 5.69 Å². The van der Waals surface area contributed by atoms with Gasteiger partial charge in [0.05, 0.1) is 27.7 Å². The molecule has 0 unspecified atom stereocenters. The average molecular weight is 354 g/mol. The molecule has 0 atom stereocenters. The minimum atomic E-state index is -0.0945. The molecule has 0 bridgehead atoms. The van der Waals surface area contributed by atoms with Crippen molar-refractivity contribution in [1.82, 2.24) is 9.78 Å². The normalized spacial score (nSPS) is 11.7. The fourth-order valence-corrected chi connectivity index (χ4v) is 3.00. The molecule has 0 amide bonds. The number of para-hydroxylation sites is 2. The Balaban J connectivity index is 2.13. The van der Waals surface area contributed by atoms with Gasteiger partial charge in [0.15, 0.2) is 0 Å². The predicted molar refractivity (Wildman–Crippen MR) is 104 cm³/mol. The molecule has 0 saturated heterocycles. The van der Waals surface area contributed by atoms with Crippen LogP contribution in [0.25, 0.3) is 5.69 Å². The zero-order chi connectivity index (χ0) is 17.8. The largest absolute Gasteiger partial charge is 0.294 e.